The molecule has 4 rings (SSSR count). The lowest BCUT2D eigenvalue weighted by atomic mass is 10.2. The Bertz CT molecular complexity index is 826. The molecule has 0 radical (unpaired) electrons. The van der Waals surface area contributed by atoms with Crippen molar-refractivity contribution in [1.82, 2.24) is 9.88 Å². The number of anilines is 1. The van der Waals surface area contributed by atoms with E-state index in [0.717, 1.165) is 34.7 Å². The van der Waals surface area contributed by atoms with Crippen LogP contribution in [0.25, 0.3) is 10.2 Å². The standard InChI is InChI=1S/C19H21N3OS2/c1-2-22(19-20-14-7-3-4-9-16(14)25-19)18(23)13-21-11-5-8-15(21)17-10-6-12-24-17/h3-4,6-7,9-10,12,15H,2,5,8,11,13H2,1H3/t15-/m1/s1. The molecule has 0 bridgehead atoms. The molecule has 2 aromatic heterocycles. The molecule has 1 aliphatic heterocycles. The third-order valence-corrected chi connectivity index (χ3v) is 6.74. The molecule has 130 valence electrons. The molecule has 1 fully saturated rings. The van der Waals surface area contributed by atoms with Gasteiger partial charge in [-0.15, -0.1) is 11.3 Å². The van der Waals surface area contributed by atoms with Gasteiger partial charge < -0.3 is 0 Å². The van der Waals surface area contributed by atoms with Gasteiger partial charge in [-0.2, -0.15) is 0 Å². The largest absolute Gasteiger partial charge is 0.287 e. The Labute approximate surface area is 155 Å². The summed E-state index contributed by atoms with van der Waals surface area (Å²) in [6.45, 7) is 4.12. The first kappa shape index (κ1) is 16.7. The summed E-state index contributed by atoms with van der Waals surface area (Å²) in [5.41, 5.74) is 0.964. The molecule has 3 aromatic rings. The maximum absolute atomic E-state index is 13.0. The number of carbonyl (C=O) groups excluding carboxylic acids is 1. The molecular weight excluding hydrogens is 350 g/mol. The molecule has 0 N–H and O–H groups in total. The van der Waals surface area contributed by atoms with Gasteiger partial charge in [0.25, 0.3) is 0 Å². The van der Waals surface area contributed by atoms with E-state index in [9.17, 15) is 4.79 Å². The van der Waals surface area contributed by atoms with Gasteiger partial charge in [0.05, 0.1) is 16.8 Å². The Morgan fingerprint density at radius 1 is 1.32 bits per heavy atom. The summed E-state index contributed by atoms with van der Waals surface area (Å²) in [6, 6.07) is 12.7. The molecule has 25 heavy (non-hydrogen) atoms. The quantitative estimate of drug-likeness (QED) is 0.660. The monoisotopic (exact) mass is 371 g/mol. The van der Waals surface area contributed by atoms with E-state index < -0.39 is 0 Å². The van der Waals surface area contributed by atoms with Gasteiger partial charge in [0.1, 0.15) is 0 Å². The summed E-state index contributed by atoms with van der Waals surface area (Å²) < 4.78 is 1.13. The van der Waals surface area contributed by atoms with Crippen molar-refractivity contribution < 1.29 is 4.79 Å². The number of amides is 1. The smallest absolute Gasteiger partial charge is 0.242 e. The summed E-state index contributed by atoms with van der Waals surface area (Å²) >= 11 is 3.38. The van der Waals surface area contributed by atoms with Crippen molar-refractivity contribution in [2.45, 2.75) is 25.8 Å². The van der Waals surface area contributed by atoms with E-state index in [1.165, 1.54) is 4.88 Å². The van der Waals surface area contributed by atoms with Crippen molar-refractivity contribution in [3.8, 4) is 0 Å². The van der Waals surface area contributed by atoms with Gasteiger partial charge in [-0.3, -0.25) is 14.6 Å². The molecule has 0 spiro atoms. The number of hydrogen-bond donors (Lipinski definition) is 0. The van der Waals surface area contributed by atoms with E-state index in [4.69, 9.17) is 0 Å². The highest BCUT2D eigenvalue weighted by atomic mass is 32.1. The predicted octanol–water partition coefficient (Wildman–Crippen LogP) is 4.55. The lowest BCUT2D eigenvalue weighted by Crippen LogP contribution is -2.40. The van der Waals surface area contributed by atoms with Crippen LogP contribution >= 0.6 is 22.7 Å². The van der Waals surface area contributed by atoms with Gasteiger partial charge in [-0.1, -0.05) is 29.5 Å². The summed E-state index contributed by atoms with van der Waals surface area (Å²) in [5.74, 6) is 0.144. The number of benzene rings is 1. The zero-order valence-electron chi connectivity index (χ0n) is 14.2. The first-order valence-electron chi connectivity index (χ1n) is 8.69. The Morgan fingerprint density at radius 2 is 2.20 bits per heavy atom. The average molecular weight is 372 g/mol. The Kier molecular flexibility index (Phi) is 4.83. The van der Waals surface area contributed by atoms with Crippen molar-refractivity contribution in [3.05, 3.63) is 46.7 Å². The molecule has 0 saturated carbocycles. The van der Waals surface area contributed by atoms with Crippen molar-refractivity contribution >= 4 is 43.9 Å². The van der Waals surface area contributed by atoms with Crippen LogP contribution in [0.1, 0.15) is 30.7 Å². The zero-order valence-corrected chi connectivity index (χ0v) is 15.9. The highest BCUT2D eigenvalue weighted by Gasteiger charge is 2.30. The first-order chi connectivity index (χ1) is 12.3. The number of nitrogens with zero attached hydrogens (tertiary/aromatic N) is 3. The van der Waals surface area contributed by atoms with Gasteiger partial charge in [0, 0.05) is 17.5 Å². The van der Waals surface area contributed by atoms with Gasteiger partial charge in [0.15, 0.2) is 5.13 Å². The molecule has 1 amide bonds. The molecule has 0 unspecified atom stereocenters. The second kappa shape index (κ2) is 7.23. The number of para-hydroxylation sites is 1. The van der Waals surface area contributed by atoms with Crippen LogP contribution in [-0.2, 0) is 4.79 Å². The molecule has 1 saturated heterocycles. The number of hydrogen-bond acceptors (Lipinski definition) is 5. The molecule has 4 nitrogen and oxygen atoms in total. The molecule has 3 heterocycles. The number of thiazole rings is 1. The van der Waals surface area contributed by atoms with Gasteiger partial charge in [-0.25, -0.2) is 4.98 Å². The predicted molar refractivity (Wildman–Crippen MR) is 106 cm³/mol. The van der Waals surface area contributed by atoms with Crippen molar-refractivity contribution in [3.63, 3.8) is 0 Å². The lowest BCUT2D eigenvalue weighted by Gasteiger charge is -2.26. The fourth-order valence-corrected chi connectivity index (χ4v) is 5.41. The van der Waals surface area contributed by atoms with Crippen molar-refractivity contribution in [2.75, 3.05) is 24.5 Å². The first-order valence-corrected chi connectivity index (χ1v) is 10.4. The number of likely N-dealkylation sites (N-methyl/N-ethyl adjacent to an activating group) is 1. The van der Waals surface area contributed by atoms with Crippen LogP contribution in [0.5, 0.6) is 0 Å². The van der Waals surface area contributed by atoms with Crippen LogP contribution in [0.15, 0.2) is 41.8 Å². The molecular formula is C19H21N3OS2. The SMILES string of the molecule is CCN(C(=O)CN1CCC[C@@H]1c1cccs1)c1nc2ccccc2s1. The minimum absolute atomic E-state index is 0.144. The normalized spacial score (nSPS) is 18.0. The average Bonchev–Trinajstić information content (AvgIpc) is 3.35. The molecule has 6 heteroatoms. The Hall–Kier alpha value is -1.76. The molecule has 0 aliphatic carbocycles. The van der Waals surface area contributed by atoms with E-state index in [1.807, 2.05) is 30.0 Å². The topological polar surface area (TPSA) is 36.4 Å². The summed E-state index contributed by atoms with van der Waals surface area (Å²) in [6.07, 6.45) is 2.30. The van der Waals surface area contributed by atoms with Gasteiger partial charge in [-0.05, 0) is 49.9 Å². The van der Waals surface area contributed by atoms with Crippen LogP contribution < -0.4 is 4.90 Å². The third kappa shape index (κ3) is 3.34. The number of rotatable bonds is 5. The number of thiophene rings is 1. The number of fused-ring (bicyclic) bond motifs is 1. The summed E-state index contributed by atoms with van der Waals surface area (Å²) in [5, 5.41) is 2.92. The Balaban J connectivity index is 1.52. The molecule has 1 aliphatic rings. The van der Waals surface area contributed by atoms with E-state index >= 15 is 0 Å². The summed E-state index contributed by atoms with van der Waals surface area (Å²) in [7, 11) is 0. The van der Waals surface area contributed by atoms with E-state index in [1.54, 1.807) is 22.7 Å². The van der Waals surface area contributed by atoms with Gasteiger partial charge in [0.2, 0.25) is 5.91 Å². The van der Waals surface area contributed by atoms with E-state index in [-0.39, 0.29) is 5.91 Å². The fourth-order valence-electron chi connectivity index (χ4n) is 3.47. The maximum Gasteiger partial charge on any atom is 0.242 e. The van der Waals surface area contributed by atoms with Crippen molar-refractivity contribution in [2.24, 2.45) is 0 Å². The molecule has 1 aromatic carbocycles. The van der Waals surface area contributed by atoms with Crippen LogP contribution in [0.4, 0.5) is 5.13 Å². The highest BCUT2D eigenvalue weighted by Crippen LogP contribution is 2.35. The molecule has 1 atom stereocenters. The number of carbonyl (C=O) groups is 1. The van der Waals surface area contributed by atoms with Gasteiger partial charge >= 0.3 is 0 Å². The number of aromatic nitrogens is 1. The maximum atomic E-state index is 13.0. The minimum atomic E-state index is 0.144. The second-order valence-electron chi connectivity index (χ2n) is 6.25. The van der Waals surface area contributed by atoms with E-state index in [2.05, 4.69) is 33.5 Å². The van der Waals surface area contributed by atoms with Crippen LogP contribution in [0, 0.1) is 0 Å². The van der Waals surface area contributed by atoms with Crippen LogP contribution in [0.2, 0.25) is 0 Å². The second-order valence-corrected chi connectivity index (χ2v) is 8.23. The van der Waals surface area contributed by atoms with Crippen LogP contribution in [-0.4, -0.2) is 35.4 Å². The highest BCUT2D eigenvalue weighted by molar-refractivity contribution is 7.22. The van der Waals surface area contributed by atoms with Crippen LogP contribution in [0.3, 0.4) is 0 Å². The minimum Gasteiger partial charge on any atom is -0.287 e. The van der Waals surface area contributed by atoms with E-state index in [0.29, 0.717) is 19.1 Å². The Morgan fingerprint density at radius 3 is 2.96 bits per heavy atom. The third-order valence-electron chi connectivity index (χ3n) is 4.70. The summed E-state index contributed by atoms with van der Waals surface area (Å²) in [4.78, 5) is 23.2. The van der Waals surface area contributed by atoms with Crippen molar-refractivity contribution in [1.29, 1.82) is 0 Å². The fraction of sp³-hybridized carbons (Fsp3) is 0.368. The zero-order chi connectivity index (χ0) is 17.2. The lowest BCUT2D eigenvalue weighted by molar-refractivity contribution is -0.119. The number of likely N-dealkylation sites (tertiary alicyclic amines) is 1.